The molecule has 0 atom stereocenters. The van der Waals surface area contributed by atoms with Crippen LogP contribution in [0, 0.1) is 6.92 Å². The molecule has 1 aromatic carbocycles. The first-order chi connectivity index (χ1) is 18.0. The minimum Gasteiger partial charge on any atom is -0.477 e. The Labute approximate surface area is 222 Å². The molecule has 1 aliphatic heterocycles. The highest BCUT2D eigenvalue weighted by atomic mass is 32.2. The third kappa shape index (κ3) is 6.24. The maximum Gasteiger partial charge on any atom is 0.410 e. The Kier molecular flexibility index (Phi) is 7.89. The second-order valence-electron chi connectivity index (χ2n) is 8.26. The largest absolute Gasteiger partial charge is 0.477 e. The SMILES string of the molecule is C=CCOC(=O)N1CCc2nc(Nc3nc(C)c(C(=O)O)s3)nc(NCc3ccc(S(N)(=O)=O)cc3)c2C1. The van der Waals surface area contributed by atoms with Crippen LogP contribution in [0.2, 0.25) is 0 Å². The number of aromatic nitrogens is 3. The van der Waals surface area contributed by atoms with Gasteiger partial charge in [0.25, 0.3) is 0 Å². The predicted molar refractivity (Wildman–Crippen MR) is 140 cm³/mol. The molecule has 0 bridgehead atoms. The zero-order valence-electron chi connectivity index (χ0n) is 20.3. The summed E-state index contributed by atoms with van der Waals surface area (Å²) in [4.78, 5) is 38.9. The molecule has 4 rings (SSSR count). The number of hydrogen-bond acceptors (Lipinski definition) is 11. The van der Waals surface area contributed by atoms with Crippen LogP contribution in [0.1, 0.15) is 32.2 Å². The van der Waals surface area contributed by atoms with Crippen molar-refractivity contribution < 1.29 is 27.9 Å². The lowest BCUT2D eigenvalue weighted by Crippen LogP contribution is -2.37. The van der Waals surface area contributed by atoms with E-state index in [1.54, 1.807) is 19.1 Å². The number of carbonyl (C=O) groups excluding carboxylic acids is 1. The second kappa shape index (κ2) is 11.1. The lowest BCUT2D eigenvalue weighted by Gasteiger charge is -2.29. The van der Waals surface area contributed by atoms with Crippen LogP contribution in [0.25, 0.3) is 0 Å². The van der Waals surface area contributed by atoms with Crippen LogP contribution in [0.3, 0.4) is 0 Å². The highest BCUT2D eigenvalue weighted by Gasteiger charge is 2.27. The number of ether oxygens (including phenoxy) is 1. The molecule has 5 N–H and O–H groups in total. The van der Waals surface area contributed by atoms with Gasteiger partial charge in [-0.2, -0.15) is 4.98 Å². The predicted octanol–water partition coefficient (Wildman–Crippen LogP) is 2.62. The number of carboxylic acid groups (broad SMARTS) is 1. The van der Waals surface area contributed by atoms with Crippen LogP contribution in [0.5, 0.6) is 0 Å². The van der Waals surface area contributed by atoms with Crippen molar-refractivity contribution in [3.05, 3.63) is 64.3 Å². The Balaban J connectivity index is 1.62. The monoisotopic (exact) mass is 559 g/mol. The second-order valence-corrected chi connectivity index (χ2v) is 10.8. The van der Waals surface area contributed by atoms with Gasteiger partial charge in [-0.25, -0.2) is 33.1 Å². The number of amides is 1. The highest BCUT2D eigenvalue weighted by Crippen LogP contribution is 2.29. The first-order valence-corrected chi connectivity index (χ1v) is 13.7. The number of anilines is 3. The van der Waals surface area contributed by atoms with Crippen LogP contribution in [0.4, 0.5) is 21.7 Å². The summed E-state index contributed by atoms with van der Waals surface area (Å²) < 4.78 is 28.2. The van der Waals surface area contributed by atoms with E-state index in [-0.39, 0.29) is 35.4 Å². The van der Waals surface area contributed by atoms with Gasteiger partial charge in [-0.3, -0.25) is 5.32 Å². The van der Waals surface area contributed by atoms with Gasteiger partial charge < -0.3 is 20.1 Å². The van der Waals surface area contributed by atoms with Gasteiger partial charge in [-0.1, -0.05) is 36.1 Å². The van der Waals surface area contributed by atoms with Crippen LogP contribution in [-0.2, 0) is 34.3 Å². The van der Waals surface area contributed by atoms with Gasteiger partial charge in [0.05, 0.1) is 22.8 Å². The summed E-state index contributed by atoms with van der Waals surface area (Å²) in [6.45, 7) is 6.12. The van der Waals surface area contributed by atoms with Crippen LogP contribution >= 0.6 is 11.3 Å². The Morgan fingerprint density at radius 2 is 2.00 bits per heavy atom. The Morgan fingerprint density at radius 3 is 2.63 bits per heavy atom. The van der Waals surface area contributed by atoms with Gasteiger partial charge in [-0.05, 0) is 24.6 Å². The number of nitrogens with one attached hydrogen (secondary N) is 2. The Bertz CT molecular complexity index is 1490. The molecule has 0 spiro atoms. The topological polar surface area (TPSA) is 190 Å². The van der Waals surface area contributed by atoms with E-state index in [2.05, 4.69) is 32.2 Å². The lowest BCUT2D eigenvalue weighted by atomic mass is 10.1. The van der Waals surface area contributed by atoms with E-state index in [0.29, 0.717) is 40.9 Å². The molecule has 200 valence electrons. The number of nitrogens with two attached hydrogens (primary N) is 1. The summed E-state index contributed by atoms with van der Waals surface area (Å²) in [5.74, 6) is -0.413. The molecule has 13 nitrogen and oxygen atoms in total. The Hall–Kier alpha value is -4.08. The zero-order chi connectivity index (χ0) is 27.4. The van der Waals surface area contributed by atoms with Crippen molar-refractivity contribution in [2.24, 2.45) is 5.14 Å². The van der Waals surface area contributed by atoms with Crippen molar-refractivity contribution in [1.82, 2.24) is 19.9 Å². The van der Waals surface area contributed by atoms with E-state index < -0.39 is 22.1 Å². The average Bonchev–Trinajstić information content (AvgIpc) is 3.25. The van der Waals surface area contributed by atoms with Crippen molar-refractivity contribution in [2.45, 2.75) is 31.3 Å². The number of sulfonamides is 1. The molecule has 38 heavy (non-hydrogen) atoms. The molecule has 0 fully saturated rings. The molecule has 3 heterocycles. The third-order valence-corrected chi connectivity index (χ3v) is 7.55. The third-order valence-electron chi connectivity index (χ3n) is 5.56. The van der Waals surface area contributed by atoms with E-state index in [1.807, 2.05) is 0 Å². The minimum absolute atomic E-state index is 0.000279. The summed E-state index contributed by atoms with van der Waals surface area (Å²) in [6, 6.07) is 6.09. The molecule has 0 saturated carbocycles. The maximum atomic E-state index is 12.4. The molecule has 15 heteroatoms. The Morgan fingerprint density at radius 1 is 1.26 bits per heavy atom. The lowest BCUT2D eigenvalue weighted by molar-refractivity contribution is 0.0701. The number of hydrogen-bond donors (Lipinski definition) is 4. The minimum atomic E-state index is -3.81. The van der Waals surface area contributed by atoms with Crippen LogP contribution in [-0.4, -0.2) is 58.6 Å². The molecular formula is C23H25N7O6S2. The number of benzene rings is 1. The number of fused-ring (bicyclic) bond motifs is 1. The number of carboxylic acids is 1. The zero-order valence-corrected chi connectivity index (χ0v) is 21.9. The fourth-order valence-corrected chi connectivity index (χ4v) is 5.03. The number of aromatic carboxylic acids is 1. The van der Waals surface area contributed by atoms with E-state index in [9.17, 15) is 23.1 Å². The number of rotatable bonds is 9. The number of nitrogens with zero attached hydrogens (tertiary/aromatic N) is 4. The average molecular weight is 560 g/mol. The van der Waals surface area contributed by atoms with Gasteiger partial charge >= 0.3 is 12.1 Å². The smallest absolute Gasteiger partial charge is 0.410 e. The molecular weight excluding hydrogens is 534 g/mol. The molecule has 0 aliphatic carbocycles. The van der Waals surface area contributed by atoms with Gasteiger partial charge in [0.2, 0.25) is 16.0 Å². The molecule has 0 unspecified atom stereocenters. The number of carbonyl (C=O) groups is 2. The summed E-state index contributed by atoms with van der Waals surface area (Å²) >= 11 is 0.972. The maximum absolute atomic E-state index is 12.4. The number of aryl methyl sites for hydroxylation is 1. The molecule has 0 radical (unpaired) electrons. The quantitative estimate of drug-likeness (QED) is 0.282. The summed E-state index contributed by atoms with van der Waals surface area (Å²) in [7, 11) is -3.81. The van der Waals surface area contributed by atoms with E-state index >= 15 is 0 Å². The first-order valence-electron chi connectivity index (χ1n) is 11.3. The molecule has 2 aromatic heterocycles. The molecule has 1 amide bonds. The van der Waals surface area contributed by atoms with E-state index in [4.69, 9.17) is 9.88 Å². The summed E-state index contributed by atoms with van der Waals surface area (Å²) in [6.07, 6.45) is 1.44. The fourth-order valence-electron chi connectivity index (χ4n) is 3.72. The summed E-state index contributed by atoms with van der Waals surface area (Å²) in [5, 5.41) is 21.0. The van der Waals surface area contributed by atoms with Crippen LogP contribution in [0.15, 0.2) is 41.8 Å². The first kappa shape index (κ1) is 27.0. The van der Waals surface area contributed by atoms with Crippen LogP contribution < -0.4 is 15.8 Å². The highest BCUT2D eigenvalue weighted by molar-refractivity contribution is 7.89. The van der Waals surface area contributed by atoms with Crippen molar-refractivity contribution in [3.8, 4) is 0 Å². The molecule has 0 saturated heterocycles. The van der Waals surface area contributed by atoms with Gasteiger partial charge in [0, 0.05) is 25.1 Å². The molecule has 3 aromatic rings. The molecule has 1 aliphatic rings. The number of thiazole rings is 1. The van der Waals surface area contributed by atoms with Crippen molar-refractivity contribution in [3.63, 3.8) is 0 Å². The number of primary sulfonamides is 1. The van der Waals surface area contributed by atoms with E-state index in [1.165, 1.54) is 23.1 Å². The van der Waals surface area contributed by atoms with Crippen molar-refractivity contribution in [2.75, 3.05) is 23.8 Å². The van der Waals surface area contributed by atoms with Gasteiger partial charge in [-0.15, -0.1) is 0 Å². The summed E-state index contributed by atoms with van der Waals surface area (Å²) in [5.41, 5.74) is 2.53. The standard InChI is InChI=1S/C23H25N7O6S2/c1-3-10-36-23(33)30-9-8-17-16(12-30)19(25-11-14-4-6-15(7-5-14)38(24,34)35)28-21(27-17)29-22-26-13(2)18(37-22)20(31)32/h3-7H,1,8-12H2,2H3,(H,31,32)(H2,24,34,35)(H2,25,26,27,28,29). The van der Waals surface area contributed by atoms with Crippen molar-refractivity contribution >= 4 is 50.3 Å². The van der Waals surface area contributed by atoms with Crippen molar-refractivity contribution in [1.29, 1.82) is 0 Å². The fraction of sp³-hybridized carbons (Fsp3) is 0.261. The van der Waals surface area contributed by atoms with Gasteiger partial charge in [0.15, 0.2) is 5.13 Å². The normalized spacial score (nSPS) is 12.9. The van der Waals surface area contributed by atoms with Gasteiger partial charge in [0.1, 0.15) is 17.3 Å². The van der Waals surface area contributed by atoms with E-state index in [0.717, 1.165) is 16.9 Å².